The van der Waals surface area contributed by atoms with E-state index in [4.69, 9.17) is 0 Å². The summed E-state index contributed by atoms with van der Waals surface area (Å²) < 4.78 is 0. The van der Waals surface area contributed by atoms with Crippen molar-refractivity contribution in [3.8, 4) is 0 Å². The van der Waals surface area contributed by atoms with Crippen molar-refractivity contribution in [1.29, 1.82) is 0 Å². The molecule has 2 N–H and O–H groups in total. The second-order valence-electron chi connectivity index (χ2n) is 3.57. The lowest BCUT2D eigenvalue weighted by molar-refractivity contribution is 0.0938. The van der Waals surface area contributed by atoms with E-state index in [2.05, 4.69) is 15.6 Å². The van der Waals surface area contributed by atoms with Crippen LogP contribution in [0, 0.1) is 0 Å². The number of hydrogen-bond donors (Lipinski definition) is 2. The van der Waals surface area contributed by atoms with Crippen molar-refractivity contribution in [3.05, 3.63) is 23.9 Å². The number of rotatable bonds is 4. The van der Waals surface area contributed by atoms with Gasteiger partial charge in [-0.15, -0.1) is 0 Å². The molecule has 4 heteroatoms. The number of carbonyl (C=O) groups is 1. The van der Waals surface area contributed by atoms with Crippen molar-refractivity contribution < 1.29 is 4.79 Å². The second kappa shape index (κ2) is 5.34. The number of nitrogens with one attached hydrogen (secondary N) is 2. The lowest BCUT2D eigenvalue weighted by atomic mass is 10.3. The Morgan fingerprint density at radius 3 is 2.80 bits per heavy atom. The molecule has 0 saturated carbocycles. The number of aromatic nitrogens is 1. The Bertz CT molecular complexity index is 336. The molecule has 0 unspecified atom stereocenters. The number of nitrogens with zero attached hydrogens (tertiary/aromatic N) is 1. The minimum atomic E-state index is -0.134. The summed E-state index contributed by atoms with van der Waals surface area (Å²) >= 11 is 0. The van der Waals surface area contributed by atoms with Gasteiger partial charge < -0.3 is 10.6 Å². The van der Waals surface area contributed by atoms with Crippen LogP contribution < -0.4 is 10.6 Å². The average Bonchev–Trinajstić information content (AvgIpc) is 2.17. The number of pyridine rings is 1. The maximum atomic E-state index is 11.6. The maximum Gasteiger partial charge on any atom is 0.270 e. The molecule has 1 heterocycles. The van der Waals surface area contributed by atoms with Crippen LogP contribution in [0.25, 0.3) is 0 Å². The van der Waals surface area contributed by atoms with Crippen LogP contribution in [0.4, 0.5) is 5.82 Å². The summed E-state index contributed by atoms with van der Waals surface area (Å²) in [7, 11) is 0. The van der Waals surface area contributed by atoms with Crippen LogP contribution in [0.2, 0.25) is 0 Å². The molecule has 0 fully saturated rings. The number of amides is 1. The Morgan fingerprint density at radius 1 is 1.47 bits per heavy atom. The van der Waals surface area contributed by atoms with E-state index in [1.807, 2.05) is 32.9 Å². The molecule has 0 atom stereocenters. The first-order valence-electron chi connectivity index (χ1n) is 5.15. The number of anilines is 1. The van der Waals surface area contributed by atoms with Crippen LogP contribution in [-0.4, -0.2) is 23.5 Å². The third kappa shape index (κ3) is 3.58. The van der Waals surface area contributed by atoms with Crippen molar-refractivity contribution >= 4 is 11.7 Å². The first-order valence-corrected chi connectivity index (χ1v) is 5.15. The topological polar surface area (TPSA) is 54.0 Å². The standard InChI is InChI=1S/C11H17N3O/c1-4-12-10-7-5-6-9(14-10)11(15)13-8(2)3/h5-8H,4H2,1-3H3,(H,12,14)(H,13,15). The van der Waals surface area contributed by atoms with Crippen molar-refractivity contribution in [3.63, 3.8) is 0 Å². The number of hydrogen-bond acceptors (Lipinski definition) is 3. The zero-order valence-electron chi connectivity index (χ0n) is 9.37. The van der Waals surface area contributed by atoms with Gasteiger partial charge in [-0.2, -0.15) is 0 Å². The molecule has 82 valence electrons. The smallest absolute Gasteiger partial charge is 0.270 e. The summed E-state index contributed by atoms with van der Waals surface area (Å²) in [6.45, 7) is 6.63. The molecule has 1 aromatic rings. The highest BCUT2D eigenvalue weighted by Gasteiger charge is 2.08. The minimum absolute atomic E-state index is 0.127. The van der Waals surface area contributed by atoms with E-state index >= 15 is 0 Å². The Labute approximate surface area is 90.1 Å². The molecule has 0 aromatic carbocycles. The Kier molecular flexibility index (Phi) is 4.09. The monoisotopic (exact) mass is 207 g/mol. The second-order valence-corrected chi connectivity index (χ2v) is 3.57. The molecule has 0 saturated heterocycles. The van der Waals surface area contributed by atoms with Gasteiger partial charge in [0.05, 0.1) is 0 Å². The average molecular weight is 207 g/mol. The maximum absolute atomic E-state index is 11.6. The molecule has 1 aromatic heterocycles. The number of carbonyl (C=O) groups excluding carboxylic acids is 1. The van der Waals surface area contributed by atoms with Gasteiger partial charge in [-0.1, -0.05) is 6.07 Å². The van der Waals surface area contributed by atoms with Gasteiger partial charge in [0, 0.05) is 12.6 Å². The Balaban J connectivity index is 2.76. The van der Waals surface area contributed by atoms with Gasteiger partial charge in [0.15, 0.2) is 0 Å². The van der Waals surface area contributed by atoms with E-state index < -0.39 is 0 Å². The summed E-state index contributed by atoms with van der Waals surface area (Å²) in [5.74, 6) is 0.596. The summed E-state index contributed by atoms with van der Waals surface area (Å²) in [6.07, 6.45) is 0. The molecule has 0 aliphatic carbocycles. The van der Waals surface area contributed by atoms with Gasteiger partial charge in [0.25, 0.3) is 5.91 Å². The highest BCUT2D eigenvalue weighted by Crippen LogP contribution is 2.04. The highest BCUT2D eigenvalue weighted by atomic mass is 16.1. The molecule has 15 heavy (non-hydrogen) atoms. The summed E-state index contributed by atoms with van der Waals surface area (Å²) in [5, 5.41) is 5.86. The third-order valence-electron chi connectivity index (χ3n) is 1.76. The van der Waals surface area contributed by atoms with Crippen molar-refractivity contribution in [2.24, 2.45) is 0 Å². The zero-order valence-corrected chi connectivity index (χ0v) is 9.37. The predicted octanol–water partition coefficient (Wildman–Crippen LogP) is 1.65. The van der Waals surface area contributed by atoms with Crippen LogP contribution in [0.1, 0.15) is 31.3 Å². The molecular formula is C11H17N3O. The van der Waals surface area contributed by atoms with E-state index in [0.29, 0.717) is 5.69 Å². The van der Waals surface area contributed by atoms with Gasteiger partial charge >= 0.3 is 0 Å². The first kappa shape index (κ1) is 11.5. The summed E-state index contributed by atoms with van der Waals surface area (Å²) in [4.78, 5) is 15.8. The van der Waals surface area contributed by atoms with Crippen molar-refractivity contribution in [2.75, 3.05) is 11.9 Å². The summed E-state index contributed by atoms with van der Waals surface area (Å²) in [6, 6.07) is 5.50. The quantitative estimate of drug-likeness (QED) is 0.789. The molecule has 1 amide bonds. The van der Waals surface area contributed by atoms with Gasteiger partial charge in [0.2, 0.25) is 0 Å². The van der Waals surface area contributed by atoms with Crippen molar-refractivity contribution in [1.82, 2.24) is 10.3 Å². The highest BCUT2D eigenvalue weighted by molar-refractivity contribution is 5.92. The van der Waals surface area contributed by atoms with Crippen LogP contribution in [0.15, 0.2) is 18.2 Å². The third-order valence-corrected chi connectivity index (χ3v) is 1.76. The van der Waals surface area contributed by atoms with Gasteiger partial charge in [-0.05, 0) is 32.9 Å². The molecule has 0 radical (unpaired) electrons. The summed E-state index contributed by atoms with van der Waals surface area (Å²) in [5.41, 5.74) is 0.446. The minimum Gasteiger partial charge on any atom is -0.370 e. The van der Waals surface area contributed by atoms with E-state index in [-0.39, 0.29) is 11.9 Å². The van der Waals surface area contributed by atoms with Gasteiger partial charge in [-0.25, -0.2) is 4.98 Å². The fraction of sp³-hybridized carbons (Fsp3) is 0.455. The van der Waals surface area contributed by atoms with Crippen molar-refractivity contribution in [2.45, 2.75) is 26.8 Å². The van der Waals surface area contributed by atoms with Crippen LogP contribution >= 0.6 is 0 Å². The normalized spacial score (nSPS) is 10.1. The largest absolute Gasteiger partial charge is 0.370 e. The molecule has 0 bridgehead atoms. The molecule has 1 rings (SSSR count). The lowest BCUT2D eigenvalue weighted by Gasteiger charge is -2.08. The van der Waals surface area contributed by atoms with Crippen LogP contribution in [0.3, 0.4) is 0 Å². The lowest BCUT2D eigenvalue weighted by Crippen LogP contribution is -2.30. The molecule has 4 nitrogen and oxygen atoms in total. The fourth-order valence-corrected chi connectivity index (χ4v) is 1.18. The molecule has 0 aliphatic heterocycles. The van der Waals surface area contributed by atoms with Crippen LogP contribution in [0.5, 0.6) is 0 Å². The SMILES string of the molecule is CCNc1cccc(C(=O)NC(C)C)n1. The Morgan fingerprint density at radius 2 is 2.20 bits per heavy atom. The van der Waals surface area contributed by atoms with E-state index in [9.17, 15) is 4.79 Å². The van der Waals surface area contributed by atoms with Gasteiger partial charge in [-0.3, -0.25) is 4.79 Å². The van der Waals surface area contributed by atoms with E-state index in [1.54, 1.807) is 6.07 Å². The predicted molar refractivity (Wildman–Crippen MR) is 61.0 cm³/mol. The van der Waals surface area contributed by atoms with Crippen LogP contribution in [-0.2, 0) is 0 Å². The van der Waals surface area contributed by atoms with E-state index in [0.717, 1.165) is 12.4 Å². The molecule has 0 spiro atoms. The van der Waals surface area contributed by atoms with Gasteiger partial charge in [0.1, 0.15) is 11.5 Å². The Hall–Kier alpha value is -1.58. The fourth-order valence-electron chi connectivity index (χ4n) is 1.18. The molecule has 0 aliphatic rings. The zero-order chi connectivity index (χ0) is 11.3. The first-order chi connectivity index (χ1) is 7.13. The molecular weight excluding hydrogens is 190 g/mol. The van der Waals surface area contributed by atoms with E-state index in [1.165, 1.54) is 0 Å².